The molecule has 1 fully saturated rings. The van der Waals surface area contributed by atoms with E-state index in [2.05, 4.69) is 16.1 Å². The maximum atomic E-state index is 12.6. The van der Waals surface area contributed by atoms with Crippen molar-refractivity contribution >= 4 is 27.8 Å². The van der Waals surface area contributed by atoms with Crippen molar-refractivity contribution in [3.63, 3.8) is 0 Å². The second-order valence-corrected chi connectivity index (χ2v) is 11.6. The third kappa shape index (κ3) is 5.51. The van der Waals surface area contributed by atoms with Crippen LogP contribution in [0.1, 0.15) is 68.7 Å². The maximum absolute atomic E-state index is 12.6. The van der Waals surface area contributed by atoms with Crippen LogP contribution in [0.5, 0.6) is 0 Å². The Morgan fingerprint density at radius 3 is 2.30 bits per heavy atom. The number of sulfonamides is 1. The van der Waals surface area contributed by atoms with Gasteiger partial charge in [-0.05, 0) is 100 Å². The number of carbonyl (C=O) groups excluding carboxylic acids is 2. The number of nitrogens with zero attached hydrogens (tertiary/aromatic N) is 1. The van der Waals surface area contributed by atoms with Crippen molar-refractivity contribution in [3.05, 3.63) is 39.8 Å². The van der Waals surface area contributed by atoms with Crippen molar-refractivity contribution in [2.24, 2.45) is 0 Å². The van der Waals surface area contributed by atoms with Gasteiger partial charge in [0.15, 0.2) is 0 Å². The van der Waals surface area contributed by atoms with Crippen molar-refractivity contribution in [2.45, 2.75) is 83.8 Å². The molecule has 0 aromatic heterocycles. The topological polar surface area (TPSA) is 105 Å². The van der Waals surface area contributed by atoms with E-state index in [1.54, 1.807) is 20.8 Å². The summed E-state index contributed by atoms with van der Waals surface area (Å²) >= 11 is 0. The van der Waals surface area contributed by atoms with Gasteiger partial charge in [0.2, 0.25) is 0 Å². The predicted octanol–water partition coefficient (Wildman–Crippen LogP) is 4.03. The number of likely N-dealkylation sites (tertiary alicyclic amines) is 1. The van der Waals surface area contributed by atoms with Crippen LogP contribution in [0.4, 0.5) is 15.3 Å². The molecule has 0 unspecified atom stereocenters. The molecule has 2 aliphatic carbocycles. The number of fused-ring (bicyclic) bond motifs is 2. The quantitative estimate of drug-likeness (QED) is 0.684. The van der Waals surface area contributed by atoms with Gasteiger partial charge >= 0.3 is 12.1 Å². The number of hydrogen-bond acceptors (Lipinski definition) is 5. The average Bonchev–Trinajstić information content (AvgIpc) is 3.44. The first-order valence-corrected chi connectivity index (χ1v) is 13.3. The van der Waals surface area contributed by atoms with E-state index in [9.17, 15) is 18.0 Å². The Labute approximate surface area is 195 Å². The predicted molar refractivity (Wildman–Crippen MR) is 127 cm³/mol. The summed E-state index contributed by atoms with van der Waals surface area (Å²) in [5, 5.41) is 3.80. The number of anilines is 1. The molecule has 33 heavy (non-hydrogen) atoms. The fourth-order valence-corrected chi connectivity index (χ4v) is 5.77. The van der Waals surface area contributed by atoms with E-state index in [1.165, 1.54) is 22.1 Å². The van der Waals surface area contributed by atoms with E-state index in [0.717, 1.165) is 67.2 Å². The van der Waals surface area contributed by atoms with Crippen molar-refractivity contribution < 1.29 is 22.7 Å². The molecule has 0 bridgehead atoms. The summed E-state index contributed by atoms with van der Waals surface area (Å²) in [4.78, 5) is 26.6. The summed E-state index contributed by atoms with van der Waals surface area (Å²) in [6.45, 7) is 5.87. The molecule has 9 heteroatoms. The lowest BCUT2D eigenvalue weighted by atomic mass is 9.99. The minimum absolute atomic E-state index is 0.389. The van der Waals surface area contributed by atoms with Crippen molar-refractivity contribution in [3.8, 4) is 0 Å². The van der Waals surface area contributed by atoms with Crippen molar-refractivity contribution in [1.82, 2.24) is 9.62 Å². The summed E-state index contributed by atoms with van der Waals surface area (Å²) in [6, 6.07) is 1.11. The van der Waals surface area contributed by atoms with E-state index in [0.29, 0.717) is 13.0 Å². The Morgan fingerprint density at radius 2 is 1.70 bits per heavy atom. The first-order chi connectivity index (χ1) is 15.5. The molecule has 1 aromatic rings. The largest absolute Gasteiger partial charge is 0.444 e. The molecule has 180 valence electrons. The van der Waals surface area contributed by atoms with Crippen LogP contribution >= 0.6 is 0 Å². The normalized spacial score (nSPS) is 20.1. The molecule has 3 amide bonds. The minimum atomic E-state index is -4.02. The summed E-state index contributed by atoms with van der Waals surface area (Å²) in [7, 11) is -4.02. The van der Waals surface area contributed by atoms with Crippen LogP contribution in [-0.4, -0.2) is 43.6 Å². The van der Waals surface area contributed by atoms with Crippen LogP contribution in [-0.2, 0) is 40.4 Å². The monoisotopic (exact) mass is 475 g/mol. The molecule has 1 atom stereocenters. The van der Waals surface area contributed by atoms with Gasteiger partial charge in [-0.2, -0.15) is 0 Å². The molecule has 0 saturated carbocycles. The smallest absolute Gasteiger partial charge is 0.410 e. The number of nitrogens with one attached hydrogen (secondary N) is 2. The standard InChI is InChI=1S/C24H33N3O5S/c1-24(2,3)32-23(29)27-13-6-9-18(27)12-14-33(30,31)26-22(28)25-21-19-10-4-7-16(19)15-17-8-5-11-20(17)21/h12,14-15,18H,4-11,13H2,1-3H3,(H2,25,26,28)/b14-12+/t18-/m0/s1. The Morgan fingerprint density at radius 1 is 1.06 bits per heavy atom. The SMILES string of the molecule is CC(C)(C)OC(=O)N1CCC[C@H]1/C=C/S(=O)(=O)NC(=O)Nc1c2c(cc3c1CCC3)CCC2. The molecular weight excluding hydrogens is 442 g/mol. The minimum Gasteiger partial charge on any atom is -0.444 e. The Bertz CT molecular complexity index is 1060. The van der Waals surface area contributed by atoms with Gasteiger partial charge in [0.1, 0.15) is 5.60 Å². The molecule has 0 radical (unpaired) electrons. The highest BCUT2D eigenvalue weighted by Crippen LogP contribution is 2.38. The molecule has 1 heterocycles. The Hall–Kier alpha value is -2.55. The lowest BCUT2D eigenvalue weighted by Gasteiger charge is -2.27. The van der Waals surface area contributed by atoms with Gasteiger partial charge in [0, 0.05) is 17.6 Å². The second kappa shape index (κ2) is 9.00. The molecule has 8 nitrogen and oxygen atoms in total. The summed E-state index contributed by atoms with van der Waals surface area (Å²) in [5.74, 6) is 0. The van der Waals surface area contributed by atoms with E-state index in [-0.39, 0.29) is 6.04 Å². The molecule has 1 saturated heterocycles. The van der Waals surface area contributed by atoms with Crippen LogP contribution in [0.3, 0.4) is 0 Å². The van der Waals surface area contributed by atoms with E-state index in [1.807, 2.05) is 0 Å². The number of benzene rings is 1. The van der Waals surface area contributed by atoms with Gasteiger partial charge in [0.05, 0.1) is 6.04 Å². The van der Waals surface area contributed by atoms with Gasteiger partial charge in [0.25, 0.3) is 10.0 Å². The zero-order chi connectivity index (χ0) is 23.8. The summed E-state index contributed by atoms with van der Waals surface area (Å²) in [6.07, 6.45) is 8.25. The second-order valence-electron chi connectivity index (χ2n) is 10.0. The molecular formula is C24H33N3O5S. The average molecular weight is 476 g/mol. The molecule has 2 N–H and O–H groups in total. The highest BCUT2D eigenvalue weighted by Gasteiger charge is 2.31. The first kappa shape index (κ1) is 23.6. The van der Waals surface area contributed by atoms with Gasteiger partial charge in [-0.15, -0.1) is 0 Å². The Balaban J connectivity index is 1.42. The van der Waals surface area contributed by atoms with Gasteiger partial charge in [-0.25, -0.2) is 22.7 Å². The summed E-state index contributed by atoms with van der Waals surface area (Å²) < 4.78 is 32.6. The van der Waals surface area contributed by atoms with E-state index >= 15 is 0 Å². The van der Waals surface area contributed by atoms with E-state index < -0.39 is 27.7 Å². The molecule has 1 aliphatic heterocycles. The fourth-order valence-electron chi connectivity index (χ4n) is 5.00. The first-order valence-electron chi connectivity index (χ1n) is 11.7. The third-order valence-corrected chi connectivity index (χ3v) is 7.34. The number of amides is 3. The number of ether oxygens (including phenoxy) is 1. The number of rotatable bonds is 4. The Kier molecular flexibility index (Phi) is 6.44. The van der Waals surface area contributed by atoms with Gasteiger partial charge < -0.3 is 15.0 Å². The van der Waals surface area contributed by atoms with Gasteiger partial charge in [-0.1, -0.05) is 6.07 Å². The molecule has 3 aliphatic rings. The lowest BCUT2D eigenvalue weighted by molar-refractivity contribution is 0.0256. The number of aryl methyl sites for hydroxylation is 2. The molecule has 1 aromatic carbocycles. The number of urea groups is 1. The van der Waals surface area contributed by atoms with Crippen LogP contribution in [0, 0.1) is 0 Å². The van der Waals surface area contributed by atoms with Gasteiger partial charge in [-0.3, -0.25) is 0 Å². The van der Waals surface area contributed by atoms with Crippen LogP contribution in [0.15, 0.2) is 17.6 Å². The fraction of sp³-hybridized carbons (Fsp3) is 0.583. The van der Waals surface area contributed by atoms with Crippen LogP contribution in [0.25, 0.3) is 0 Å². The molecule has 4 rings (SSSR count). The van der Waals surface area contributed by atoms with Crippen molar-refractivity contribution in [2.75, 3.05) is 11.9 Å². The van der Waals surface area contributed by atoms with Crippen LogP contribution in [0.2, 0.25) is 0 Å². The zero-order valence-corrected chi connectivity index (χ0v) is 20.4. The number of hydrogen-bond donors (Lipinski definition) is 2. The molecule has 0 spiro atoms. The summed E-state index contributed by atoms with van der Waals surface area (Å²) in [5.41, 5.74) is 4.96. The third-order valence-electron chi connectivity index (χ3n) is 6.35. The lowest BCUT2D eigenvalue weighted by Crippen LogP contribution is -2.39. The number of carbonyl (C=O) groups is 2. The zero-order valence-electron chi connectivity index (χ0n) is 19.6. The van der Waals surface area contributed by atoms with E-state index in [4.69, 9.17) is 4.74 Å². The highest BCUT2D eigenvalue weighted by atomic mass is 32.2. The maximum Gasteiger partial charge on any atom is 0.410 e. The van der Waals surface area contributed by atoms with Crippen LogP contribution < -0.4 is 10.0 Å². The highest BCUT2D eigenvalue weighted by molar-refractivity contribution is 7.92. The van der Waals surface area contributed by atoms with Crippen molar-refractivity contribution in [1.29, 1.82) is 0 Å².